The largest absolute Gasteiger partial charge is 0.381 e. The molecule has 3 aliphatic rings. The third kappa shape index (κ3) is 15.5. The minimum absolute atomic E-state index is 0.508. The van der Waals surface area contributed by atoms with E-state index in [0.717, 1.165) is 51.4 Å². The van der Waals surface area contributed by atoms with Crippen LogP contribution in [0.1, 0.15) is 101 Å². The molecule has 2 unspecified atom stereocenters. The fourth-order valence-corrected chi connectivity index (χ4v) is 5.37. The van der Waals surface area contributed by atoms with Crippen LogP contribution in [0.25, 0.3) is 0 Å². The maximum absolute atomic E-state index is 5.64. The Balaban J connectivity index is 0.000000285. The number of ether oxygens (including phenoxy) is 3. The standard InChI is InChI=1S/2C11H23NO.C10H21NO/c1-4-7-12(10(2)3)9-11-6-5-8-13-11;1-4-6-12(10(2)3)8-11-5-7-13-9-11;1-4-5-11(9(2)3)6-10-7-12-8-10/h2*10-11H,4-9H2,1-3H3;9-10H,4-8H2,1-3H3. The lowest BCUT2D eigenvalue weighted by molar-refractivity contribution is -0.0499. The van der Waals surface area contributed by atoms with Gasteiger partial charge < -0.3 is 24.0 Å². The Morgan fingerprint density at radius 1 is 0.579 bits per heavy atom. The van der Waals surface area contributed by atoms with Crippen LogP contribution in [-0.4, -0.2) is 111 Å². The van der Waals surface area contributed by atoms with E-state index >= 15 is 0 Å². The fourth-order valence-electron chi connectivity index (χ4n) is 5.37. The summed E-state index contributed by atoms with van der Waals surface area (Å²) in [5, 5.41) is 0. The molecule has 0 amide bonds. The highest BCUT2D eigenvalue weighted by Crippen LogP contribution is 2.16. The van der Waals surface area contributed by atoms with Crippen LogP contribution in [0.4, 0.5) is 0 Å². The number of hydrogen-bond acceptors (Lipinski definition) is 6. The predicted molar refractivity (Wildman–Crippen MR) is 163 cm³/mol. The molecule has 3 rings (SSSR count). The molecule has 0 bridgehead atoms. The molecule has 0 saturated carbocycles. The van der Waals surface area contributed by atoms with Crippen molar-refractivity contribution in [3.8, 4) is 0 Å². The average molecular weight is 542 g/mol. The van der Waals surface area contributed by atoms with Gasteiger partial charge in [-0.25, -0.2) is 0 Å². The topological polar surface area (TPSA) is 37.4 Å². The minimum atomic E-state index is 0.508. The maximum atomic E-state index is 5.64. The molecule has 0 aliphatic carbocycles. The molecular formula is C32H67N3O3. The maximum Gasteiger partial charge on any atom is 0.0702 e. The molecule has 0 aromatic carbocycles. The second-order valence-electron chi connectivity index (χ2n) is 12.5. The first-order valence-electron chi connectivity index (χ1n) is 16.2. The molecule has 2 atom stereocenters. The van der Waals surface area contributed by atoms with Crippen molar-refractivity contribution in [3.05, 3.63) is 0 Å². The van der Waals surface area contributed by atoms with Gasteiger partial charge in [-0.3, -0.25) is 4.90 Å². The van der Waals surface area contributed by atoms with Crippen LogP contribution in [-0.2, 0) is 14.2 Å². The first kappa shape index (κ1) is 35.8. The second kappa shape index (κ2) is 21.5. The molecule has 0 N–H and O–H groups in total. The fraction of sp³-hybridized carbons (Fsp3) is 1.00. The lowest BCUT2D eigenvalue weighted by Gasteiger charge is -2.34. The molecule has 0 radical (unpaired) electrons. The summed E-state index contributed by atoms with van der Waals surface area (Å²) >= 11 is 0. The normalized spacial score (nSPS) is 21.9. The Hall–Kier alpha value is -0.240. The van der Waals surface area contributed by atoms with Crippen LogP contribution in [0.5, 0.6) is 0 Å². The summed E-state index contributed by atoms with van der Waals surface area (Å²) in [4.78, 5) is 7.64. The zero-order valence-electron chi connectivity index (χ0n) is 27.1. The molecule has 3 aliphatic heterocycles. The summed E-state index contributed by atoms with van der Waals surface area (Å²) in [7, 11) is 0. The lowest BCUT2D eigenvalue weighted by atomic mass is 10.1. The molecule has 3 heterocycles. The highest BCUT2D eigenvalue weighted by atomic mass is 16.5. The van der Waals surface area contributed by atoms with Crippen LogP contribution in [0.3, 0.4) is 0 Å². The molecule has 3 fully saturated rings. The molecule has 0 spiro atoms. The first-order chi connectivity index (χ1) is 18.2. The average Bonchev–Trinajstić information content (AvgIpc) is 3.55. The number of nitrogens with zero attached hydrogens (tertiary/aromatic N) is 3. The van der Waals surface area contributed by atoms with Crippen molar-refractivity contribution in [2.75, 3.05) is 72.3 Å². The lowest BCUT2D eigenvalue weighted by Crippen LogP contribution is -2.42. The van der Waals surface area contributed by atoms with Crippen molar-refractivity contribution in [1.29, 1.82) is 0 Å². The molecule has 38 heavy (non-hydrogen) atoms. The van der Waals surface area contributed by atoms with E-state index < -0.39 is 0 Å². The van der Waals surface area contributed by atoms with E-state index in [2.05, 4.69) is 77.0 Å². The Morgan fingerprint density at radius 3 is 1.39 bits per heavy atom. The van der Waals surface area contributed by atoms with Crippen molar-refractivity contribution in [1.82, 2.24) is 14.7 Å². The van der Waals surface area contributed by atoms with Gasteiger partial charge in [0.2, 0.25) is 0 Å². The van der Waals surface area contributed by atoms with Gasteiger partial charge in [-0.1, -0.05) is 20.8 Å². The van der Waals surface area contributed by atoms with E-state index in [4.69, 9.17) is 14.2 Å². The van der Waals surface area contributed by atoms with Gasteiger partial charge in [-0.15, -0.1) is 0 Å². The highest BCUT2D eigenvalue weighted by Gasteiger charge is 2.23. The summed E-state index contributed by atoms with van der Waals surface area (Å²) in [6.45, 7) is 32.5. The summed E-state index contributed by atoms with van der Waals surface area (Å²) in [6, 6.07) is 2.02. The zero-order chi connectivity index (χ0) is 28.3. The van der Waals surface area contributed by atoms with Gasteiger partial charge in [0.1, 0.15) is 0 Å². The molecular weight excluding hydrogens is 474 g/mol. The molecule has 3 saturated heterocycles. The third-order valence-electron chi connectivity index (χ3n) is 7.90. The Kier molecular flexibility index (Phi) is 20.2. The Bertz CT molecular complexity index is 498. The Labute approximate surface area is 238 Å². The van der Waals surface area contributed by atoms with E-state index in [0.29, 0.717) is 24.2 Å². The van der Waals surface area contributed by atoms with E-state index in [1.54, 1.807) is 0 Å². The quantitative estimate of drug-likeness (QED) is 0.246. The van der Waals surface area contributed by atoms with Gasteiger partial charge in [0.25, 0.3) is 0 Å². The van der Waals surface area contributed by atoms with Gasteiger partial charge in [-0.2, -0.15) is 0 Å². The van der Waals surface area contributed by atoms with Crippen LogP contribution < -0.4 is 0 Å². The first-order valence-corrected chi connectivity index (χ1v) is 16.2. The van der Waals surface area contributed by atoms with Crippen LogP contribution in [0.15, 0.2) is 0 Å². The van der Waals surface area contributed by atoms with Gasteiger partial charge >= 0.3 is 0 Å². The van der Waals surface area contributed by atoms with Gasteiger partial charge in [0, 0.05) is 56.9 Å². The molecule has 0 aromatic heterocycles. The second-order valence-corrected chi connectivity index (χ2v) is 12.5. The van der Waals surface area contributed by atoms with E-state index in [-0.39, 0.29) is 0 Å². The zero-order valence-corrected chi connectivity index (χ0v) is 27.1. The third-order valence-corrected chi connectivity index (χ3v) is 7.90. The summed E-state index contributed by atoms with van der Waals surface area (Å²) in [6.07, 6.45) is 8.03. The van der Waals surface area contributed by atoms with Gasteiger partial charge in [0.05, 0.1) is 25.9 Å². The summed E-state index contributed by atoms with van der Waals surface area (Å²) in [5.41, 5.74) is 0. The van der Waals surface area contributed by atoms with Crippen LogP contribution in [0.2, 0.25) is 0 Å². The predicted octanol–water partition coefficient (Wildman–Crippen LogP) is 6.18. The van der Waals surface area contributed by atoms with E-state index in [9.17, 15) is 0 Å². The van der Waals surface area contributed by atoms with Crippen molar-refractivity contribution in [3.63, 3.8) is 0 Å². The van der Waals surface area contributed by atoms with Crippen LogP contribution >= 0.6 is 0 Å². The van der Waals surface area contributed by atoms with Crippen molar-refractivity contribution < 1.29 is 14.2 Å². The van der Waals surface area contributed by atoms with Crippen LogP contribution in [0, 0.1) is 11.8 Å². The minimum Gasteiger partial charge on any atom is -0.381 e. The molecule has 6 heteroatoms. The number of hydrogen-bond donors (Lipinski definition) is 0. The molecule has 0 aromatic rings. The monoisotopic (exact) mass is 542 g/mol. The molecule has 228 valence electrons. The van der Waals surface area contributed by atoms with Crippen molar-refractivity contribution in [2.24, 2.45) is 11.8 Å². The van der Waals surface area contributed by atoms with E-state index in [1.165, 1.54) is 71.2 Å². The van der Waals surface area contributed by atoms with Gasteiger partial charge in [-0.05, 0) is 106 Å². The number of rotatable bonds is 15. The SMILES string of the molecule is CCCN(CC1CCCO1)C(C)C.CCCN(CC1CCOC1)C(C)C.CCCN(CC1COC1)C(C)C. The summed E-state index contributed by atoms with van der Waals surface area (Å²) < 4.78 is 16.2. The smallest absolute Gasteiger partial charge is 0.0702 e. The highest BCUT2D eigenvalue weighted by molar-refractivity contribution is 4.74. The van der Waals surface area contributed by atoms with Crippen molar-refractivity contribution in [2.45, 2.75) is 125 Å². The van der Waals surface area contributed by atoms with Crippen molar-refractivity contribution >= 4 is 0 Å². The summed E-state index contributed by atoms with van der Waals surface area (Å²) in [5.74, 6) is 1.59. The Morgan fingerprint density at radius 2 is 1.05 bits per heavy atom. The van der Waals surface area contributed by atoms with E-state index in [1.807, 2.05) is 0 Å². The van der Waals surface area contributed by atoms with Gasteiger partial charge in [0.15, 0.2) is 0 Å². The molecule has 6 nitrogen and oxygen atoms in total.